The summed E-state index contributed by atoms with van der Waals surface area (Å²) in [6, 6.07) is 7.11. The van der Waals surface area contributed by atoms with Gasteiger partial charge in [-0.2, -0.15) is 0 Å². The van der Waals surface area contributed by atoms with Crippen LogP contribution in [0.25, 0.3) is 0 Å². The smallest absolute Gasteiger partial charge is 0.252 e. The molecule has 3 aromatic rings. The average Bonchev–Trinajstić information content (AvgIpc) is 3.34. The minimum Gasteiger partial charge on any atom is -0.487 e. The Bertz CT molecular complexity index is 999. The van der Waals surface area contributed by atoms with Gasteiger partial charge < -0.3 is 19.6 Å². The van der Waals surface area contributed by atoms with Crippen molar-refractivity contribution < 1.29 is 19.1 Å². The van der Waals surface area contributed by atoms with Crippen molar-refractivity contribution in [3.8, 4) is 5.75 Å². The van der Waals surface area contributed by atoms with E-state index in [2.05, 4.69) is 20.6 Å². The van der Waals surface area contributed by atoms with Gasteiger partial charge in [-0.15, -0.1) is 5.10 Å². The predicted molar refractivity (Wildman–Crippen MR) is 109 cm³/mol. The van der Waals surface area contributed by atoms with E-state index in [1.54, 1.807) is 42.9 Å². The highest BCUT2D eigenvalue weighted by molar-refractivity contribution is 6.30. The zero-order valence-electron chi connectivity index (χ0n) is 17.0. The van der Waals surface area contributed by atoms with Gasteiger partial charge in [0.15, 0.2) is 6.39 Å². The molecule has 30 heavy (non-hydrogen) atoms. The average molecular weight is 434 g/mol. The Kier molecular flexibility index (Phi) is 6.73. The molecule has 0 fully saturated rings. The molecule has 0 saturated carbocycles. The number of rotatable bonds is 9. The van der Waals surface area contributed by atoms with E-state index in [-0.39, 0.29) is 19.1 Å². The van der Waals surface area contributed by atoms with Crippen LogP contribution in [0.5, 0.6) is 5.75 Å². The number of nitrogens with zero attached hydrogens (tertiary/aromatic N) is 4. The number of carbonyl (C=O) groups is 1. The Labute approximate surface area is 179 Å². The first-order valence-electron chi connectivity index (χ1n) is 9.45. The van der Waals surface area contributed by atoms with E-state index < -0.39 is 11.5 Å². The van der Waals surface area contributed by atoms with Crippen molar-refractivity contribution in [2.45, 2.75) is 46.1 Å². The van der Waals surface area contributed by atoms with E-state index in [4.69, 9.17) is 20.8 Å². The Morgan fingerprint density at radius 2 is 2.23 bits per heavy atom. The Morgan fingerprint density at radius 1 is 1.43 bits per heavy atom. The van der Waals surface area contributed by atoms with Gasteiger partial charge in [-0.3, -0.25) is 4.79 Å². The molecule has 3 rings (SSSR count). The lowest BCUT2D eigenvalue weighted by atomic mass is 9.92. The number of hydrogen-bond acceptors (Lipinski definition) is 7. The summed E-state index contributed by atoms with van der Waals surface area (Å²) in [5, 5.41) is 21.7. The largest absolute Gasteiger partial charge is 0.487 e. The number of amides is 1. The van der Waals surface area contributed by atoms with Gasteiger partial charge in [-0.05, 0) is 31.0 Å². The van der Waals surface area contributed by atoms with Gasteiger partial charge >= 0.3 is 0 Å². The maximum Gasteiger partial charge on any atom is 0.252 e. The molecule has 2 heterocycles. The molecule has 0 saturated heterocycles. The van der Waals surface area contributed by atoms with Gasteiger partial charge in [0.1, 0.15) is 35.1 Å². The predicted octanol–water partition coefficient (Wildman–Crippen LogP) is 2.57. The highest BCUT2D eigenvalue weighted by Gasteiger charge is 2.33. The molecule has 1 aromatic carbocycles. The van der Waals surface area contributed by atoms with E-state index in [1.807, 2.05) is 6.07 Å². The molecule has 0 bridgehead atoms. The Hall–Kier alpha value is -2.91. The van der Waals surface area contributed by atoms with Crippen LogP contribution >= 0.6 is 11.6 Å². The first-order chi connectivity index (χ1) is 14.3. The molecule has 2 N–H and O–H groups in total. The van der Waals surface area contributed by atoms with Crippen molar-refractivity contribution in [1.29, 1.82) is 0 Å². The van der Waals surface area contributed by atoms with Crippen LogP contribution in [0.2, 0.25) is 5.02 Å². The minimum atomic E-state index is -1.47. The molecule has 1 amide bonds. The van der Waals surface area contributed by atoms with E-state index in [9.17, 15) is 9.90 Å². The molecular weight excluding hydrogens is 410 g/mol. The normalized spacial score (nSPS) is 13.3. The summed E-state index contributed by atoms with van der Waals surface area (Å²) in [5.41, 5.74) is -0.225. The minimum absolute atomic E-state index is 0.108. The number of carbonyl (C=O) groups excluding carboxylic acids is 1. The molecule has 1 atom stereocenters. The second-order valence-electron chi connectivity index (χ2n) is 7.36. The van der Waals surface area contributed by atoms with E-state index in [1.165, 1.54) is 13.3 Å². The van der Waals surface area contributed by atoms with Crippen LogP contribution in [0.1, 0.15) is 37.9 Å². The zero-order chi connectivity index (χ0) is 21.7. The quantitative estimate of drug-likeness (QED) is 0.532. The number of aliphatic hydroxyl groups is 1. The monoisotopic (exact) mass is 433 g/mol. The second-order valence-corrected chi connectivity index (χ2v) is 7.80. The number of ether oxygens (including phenoxy) is 1. The Morgan fingerprint density at radius 3 is 2.97 bits per heavy atom. The van der Waals surface area contributed by atoms with Crippen molar-refractivity contribution in [3.05, 3.63) is 59.0 Å². The fourth-order valence-corrected chi connectivity index (χ4v) is 2.70. The lowest BCUT2D eigenvalue weighted by Gasteiger charge is -2.25. The van der Waals surface area contributed by atoms with Crippen LogP contribution in [-0.4, -0.2) is 36.6 Å². The standard InChI is InChI=1S/C20H24ClN5O4/c1-13(2)20(3,28)19(27)22-8-18-17(23-12-30-18)10-26-9-15(24-25-26)11-29-16-6-4-5-14(21)7-16/h4-7,9,12-13,28H,8,10-11H2,1-3H3,(H,22,27). The van der Waals surface area contributed by atoms with Gasteiger partial charge in [-0.25, -0.2) is 9.67 Å². The fourth-order valence-electron chi connectivity index (χ4n) is 2.52. The molecule has 9 nitrogen and oxygen atoms in total. The number of oxazole rings is 1. The number of aromatic nitrogens is 4. The van der Waals surface area contributed by atoms with Gasteiger partial charge in [0.05, 0.1) is 19.3 Å². The Balaban J connectivity index is 1.57. The van der Waals surface area contributed by atoms with Crippen LogP contribution in [0.3, 0.4) is 0 Å². The third-order valence-corrected chi connectivity index (χ3v) is 5.03. The van der Waals surface area contributed by atoms with Crippen molar-refractivity contribution in [3.63, 3.8) is 0 Å². The van der Waals surface area contributed by atoms with Crippen molar-refractivity contribution in [2.75, 3.05) is 0 Å². The fraction of sp³-hybridized carbons (Fsp3) is 0.400. The molecular formula is C20H24ClN5O4. The first kappa shape index (κ1) is 21.8. The van der Waals surface area contributed by atoms with Crippen LogP contribution in [0.4, 0.5) is 0 Å². The number of halogens is 1. The van der Waals surface area contributed by atoms with Crippen LogP contribution < -0.4 is 10.1 Å². The SMILES string of the molecule is CC(C)C(C)(O)C(=O)NCc1ocnc1Cn1cc(COc2cccc(Cl)c2)nn1. The van der Waals surface area contributed by atoms with Crippen molar-refractivity contribution >= 4 is 17.5 Å². The van der Waals surface area contributed by atoms with Crippen molar-refractivity contribution in [1.82, 2.24) is 25.3 Å². The maximum atomic E-state index is 12.2. The molecule has 0 aliphatic heterocycles. The number of benzene rings is 1. The molecule has 1 unspecified atom stereocenters. The van der Waals surface area contributed by atoms with Crippen LogP contribution in [-0.2, 0) is 24.5 Å². The highest BCUT2D eigenvalue weighted by Crippen LogP contribution is 2.19. The third kappa shape index (κ3) is 5.37. The summed E-state index contributed by atoms with van der Waals surface area (Å²) in [6.45, 7) is 5.70. The summed E-state index contributed by atoms with van der Waals surface area (Å²) in [5.74, 6) is 0.425. The first-order valence-corrected chi connectivity index (χ1v) is 9.82. The van der Waals surface area contributed by atoms with E-state index >= 15 is 0 Å². The molecule has 0 aliphatic rings. The lowest BCUT2D eigenvalue weighted by molar-refractivity contribution is -0.142. The number of hydrogen-bond donors (Lipinski definition) is 2. The summed E-state index contributed by atoms with van der Waals surface area (Å²) >= 11 is 5.94. The number of nitrogens with one attached hydrogen (secondary N) is 1. The summed E-state index contributed by atoms with van der Waals surface area (Å²) in [4.78, 5) is 16.4. The lowest BCUT2D eigenvalue weighted by Crippen LogP contribution is -2.47. The molecule has 0 aliphatic carbocycles. The van der Waals surface area contributed by atoms with Gasteiger partial charge in [0.25, 0.3) is 5.91 Å². The van der Waals surface area contributed by atoms with Crippen LogP contribution in [0.15, 0.2) is 41.3 Å². The summed E-state index contributed by atoms with van der Waals surface area (Å²) < 4.78 is 12.6. The van der Waals surface area contributed by atoms with Crippen LogP contribution in [0, 0.1) is 5.92 Å². The van der Waals surface area contributed by atoms with E-state index in [0.29, 0.717) is 34.5 Å². The van der Waals surface area contributed by atoms with E-state index in [0.717, 1.165) is 0 Å². The second kappa shape index (κ2) is 9.27. The molecule has 160 valence electrons. The molecule has 0 radical (unpaired) electrons. The molecule has 2 aromatic heterocycles. The summed E-state index contributed by atoms with van der Waals surface area (Å²) in [6.07, 6.45) is 3.04. The third-order valence-electron chi connectivity index (χ3n) is 4.80. The maximum absolute atomic E-state index is 12.2. The zero-order valence-corrected chi connectivity index (χ0v) is 17.8. The molecule has 10 heteroatoms. The molecule has 0 spiro atoms. The van der Waals surface area contributed by atoms with Gasteiger partial charge in [0.2, 0.25) is 0 Å². The van der Waals surface area contributed by atoms with Gasteiger partial charge in [0, 0.05) is 5.02 Å². The van der Waals surface area contributed by atoms with Gasteiger partial charge in [-0.1, -0.05) is 36.7 Å². The summed E-state index contributed by atoms with van der Waals surface area (Å²) in [7, 11) is 0. The topological polar surface area (TPSA) is 115 Å². The highest BCUT2D eigenvalue weighted by atomic mass is 35.5. The van der Waals surface area contributed by atoms with Crippen molar-refractivity contribution in [2.24, 2.45) is 5.92 Å².